The molecule has 2 aromatic rings. The monoisotopic (exact) mass is 318 g/mol. The molecule has 0 atom stereocenters. The molecule has 1 aromatic heterocycles. The minimum Gasteiger partial charge on any atom is -0.455 e. The number of carbonyl (C=O) groups excluding carboxylic acids is 2. The highest BCUT2D eigenvalue weighted by Gasteiger charge is 2.10. The lowest BCUT2D eigenvalue weighted by atomic mass is 10.1. The lowest BCUT2D eigenvalue weighted by Gasteiger charge is -2.06. The lowest BCUT2D eigenvalue weighted by Crippen LogP contribution is -2.30. The number of hydrogen-bond donors (Lipinski definition) is 1. The van der Waals surface area contributed by atoms with Gasteiger partial charge in [0, 0.05) is 11.9 Å². The zero-order valence-electron chi connectivity index (χ0n) is 12.4. The molecule has 116 valence electrons. The van der Waals surface area contributed by atoms with Gasteiger partial charge < -0.3 is 10.1 Å². The van der Waals surface area contributed by atoms with Crippen LogP contribution >= 0.6 is 11.3 Å². The van der Waals surface area contributed by atoms with Gasteiger partial charge in [0.15, 0.2) is 6.61 Å². The summed E-state index contributed by atoms with van der Waals surface area (Å²) in [7, 11) is 0. The molecule has 0 aliphatic carbocycles. The van der Waals surface area contributed by atoms with Crippen LogP contribution in [0, 0.1) is 6.92 Å². The van der Waals surface area contributed by atoms with Gasteiger partial charge in [-0.3, -0.25) is 9.59 Å². The van der Waals surface area contributed by atoms with Crippen LogP contribution in [0.2, 0.25) is 0 Å². The molecule has 22 heavy (non-hydrogen) atoms. The Kier molecular flexibility index (Phi) is 6.09. The van der Waals surface area contributed by atoms with E-state index >= 15 is 0 Å². The van der Waals surface area contributed by atoms with E-state index in [1.54, 1.807) is 0 Å². The molecule has 2 rings (SSSR count). The number of nitrogens with zero attached hydrogens (tertiary/aromatic N) is 1. The zero-order chi connectivity index (χ0) is 15.8. The highest BCUT2D eigenvalue weighted by Crippen LogP contribution is 2.08. The van der Waals surface area contributed by atoms with Crippen molar-refractivity contribution in [3.05, 3.63) is 52.0 Å². The number of ether oxygens (including phenoxy) is 1. The van der Waals surface area contributed by atoms with Gasteiger partial charge in [-0.15, -0.1) is 11.3 Å². The Balaban J connectivity index is 1.62. The molecule has 0 bridgehead atoms. The smallest absolute Gasteiger partial charge is 0.312 e. The summed E-state index contributed by atoms with van der Waals surface area (Å²) in [6.07, 6.45) is 0.847. The fraction of sp³-hybridized carbons (Fsp3) is 0.312. The van der Waals surface area contributed by atoms with E-state index < -0.39 is 5.97 Å². The van der Waals surface area contributed by atoms with Crippen LogP contribution in [0.1, 0.15) is 16.3 Å². The Labute approximate surface area is 133 Å². The molecule has 0 spiro atoms. The predicted octanol–water partition coefficient (Wildman–Crippen LogP) is 1.90. The number of thiazole rings is 1. The molecule has 1 N–H and O–H groups in total. The van der Waals surface area contributed by atoms with Crippen LogP contribution < -0.4 is 5.32 Å². The minimum atomic E-state index is -0.441. The van der Waals surface area contributed by atoms with E-state index in [9.17, 15) is 9.59 Å². The maximum absolute atomic E-state index is 11.6. The standard InChI is InChI=1S/C16H18N2O3S/c1-12-18-14(11-22-12)9-16(20)21-10-15(19)17-8-7-13-5-3-2-4-6-13/h2-6,11H,7-10H2,1H3,(H,17,19). The Morgan fingerprint density at radius 1 is 1.27 bits per heavy atom. The maximum Gasteiger partial charge on any atom is 0.312 e. The zero-order valence-corrected chi connectivity index (χ0v) is 13.2. The second kappa shape index (κ2) is 8.29. The molecule has 1 amide bonds. The van der Waals surface area contributed by atoms with Crippen molar-refractivity contribution >= 4 is 23.2 Å². The first-order valence-corrected chi connectivity index (χ1v) is 7.88. The average molecular weight is 318 g/mol. The number of amides is 1. The van der Waals surface area contributed by atoms with Crippen LogP contribution in [0.4, 0.5) is 0 Å². The van der Waals surface area contributed by atoms with Crippen molar-refractivity contribution in [3.63, 3.8) is 0 Å². The molecule has 6 heteroatoms. The van der Waals surface area contributed by atoms with E-state index in [0.29, 0.717) is 12.2 Å². The van der Waals surface area contributed by atoms with Crippen molar-refractivity contribution in [2.75, 3.05) is 13.2 Å². The van der Waals surface area contributed by atoms with Gasteiger partial charge >= 0.3 is 5.97 Å². The number of aromatic nitrogens is 1. The maximum atomic E-state index is 11.6. The van der Waals surface area contributed by atoms with Gasteiger partial charge in [-0.25, -0.2) is 4.98 Å². The fourth-order valence-electron chi connectivity index (χ4n) is 1.88. The molecule has 0 aliphatic heterocycles. The van der Waals surface area contributed by atoms with E-state index in [1.165, 1.54) is 11.3 Å². The van der Waals surface area contributed by atoms with Crippen molar-refractivity contribution in [3.8, 4) is 0 Å². The van der Waals surface area contributed by atoms with Gasteiger partial charge in [0.1, 0.15) is 0 Å². The van der Waals surface area contributed by atoms with E-state index in [2.05, 4.69) is 10.3 Å². The molecule has 1 aromatic carbocycles. The topological polar surface area (TPSA) is 68.3 Å². The summed E-state index contributed by atoms with van der Waals surface area (Å²) in [5.41, 5.74) is 1.83. The molecule has 5 nitrogen and oxygen atoms in total. The van der Waals surface area contributed by atoms with Crippen molar-refractivity contribution in [1.82, 2.24) is 10.3 Å². The fourth-order valence-corrected chi connectivity index (χ4v) is 2.49. The highest BCUT2D eigenvalue weighted by molar-refractivity contribution is 7.09. The summed E-state index contributed by atoms with van der Waals surface area (Å²) in [4.78, 5) is 27.4. The first-order valence-electron chi connectivity index (χ1n) is 7.01. The van der Waals surface area contributed by atoms with Crippen molar-refractivity contribution < 1.29 is 14.3 Å². The first kappa shape index (κ1) is 16.2. The molecular formula is C16H18N2O3S. The van der Waals surface area contributed by atoms with E-state index in [-0.39, 0.29) is 18.9 Å². The molecule has 0 saturated carbocycles. The van der Waals surface area contributed by atoms with Crippen LogP contribution in [0.25, 0.3) is 0 Å². The van der Waals surface area contributed by atoms with Gasteiger partial charge in [-0.2, -0.15) is 0 Å². The Bertz CT molecular complexity index is 625. The molecule has 0 unspecified atom stereocenters. The van der Waals surface area contributed by atoms with Crippen LogP contribution in [0.3, 0.4) is 0 Å². The van der Waals surface area contributed by atoms with Crippen LogP contribution in [0.15, 0.2) is 35.7 Å². The van der Waals surface area contributed by atoms with E-state index in [0.717, 1.165) is 17.0 Å². The third kappa shape index (κ3) is 5.65. The molecule has 0 fully saturated rings. The van der Waals surface area contributed by atoms with Crippen LogP contribution in [-0.2, 0) is 27.2 Å². The lowest BCUT2D eigenvalue weighted by molar-refractivity contribution is -0.147. The number of benzene rings is 1. The minimum absolute atomic E-state index is 0.0988. The number of carbonyl (C=O) groups is 2. The van der Waals surface area contributed by atoms with E-state index in [1.807, 2.05) is 42.6 Å². The Morgan fingerprint density at radius 3 is 2.73 bits per heavy atom. The summed E-state index contributed by atoms with van der Waals surface area (Å²) in [6.45, 7) is 2.14. The predicted molar refractivity (Wildman–Crippen MR) is 84.7 cm³/mol. The Hall–Kier alpha value is -2.21. The summed E-state index contributed by atoms with van der Waals surface area (Å²) < 4.78 is 4.93. The average Bonchev–Trinajstić information content (AvgIpc) is 2.91. The summed E-state index contributed by atoms with van der Waals surface area (Å²) in [5, 5.41) is 5.44. The van der Waals surface area contributed by atoms with Crippen molar-refractivity contribution in [1.29, 1.82) is 0 Å². The largest absolute Gasteiger partial charge is 0.455 e. The van der Waals surface area contributed by atoms with Crippen molar-refractivity contribution in [2.24, 2.45) is 0 Å². The summed E-state index contributed by atoms with van der Waals surface area (Å²) >= 11 is 1.48. The molecule has 1 heterocycles. The van der Waals surface area contributed by atoms with Crippen LogP contribution in [0.5, 0.6) is 0 Å². The molecule has 0 radical (unpaired) electrons. The van der Waals surface area contributed by atoms with Gasteiger partial charge in [0.25, 0.3) is 5.91 Å². The quantitative estimate of drug-likeness (QED) is 0.792. The van der Waals surface area contributed by atoms with Gasteiger partial charge in [0.05, 0.1) is 17.1 Å². The number of aryl methyl sites for hydroxylation is 1. The second-order valence-corrected chi connectivity index (χ2v) is 5.84. The van der Waals surface area contributed by atoms with Gasteiger partial charge in [0.2, 0.25) is 0 Å². The first-order chi connectivity index (χ1) is 10.6. The Morgan fingerprint density at radius 2 is 2.05 bits per heavy atom. The second-order valence-electron chi connectivity index (χ2n) is 4.78. The third-order valence-electron chi connectivity index (χ3n) is 2.93. The van der Waals surface area contributed by atoms with Crippen molar-refractivity contribution in [2.45, 2.75) is 19.8 Å². The van der Waals surface area contributed by atoms with Gasteiger partial charge in [-0.05, 0) is 18.9 Å². The normalized spacial score (nSPS) is 10.2. The number of rotatable bonds is 7. The molecule has 0 aliphatic rings. The third-order valence-corrected chi connectivity index (χ3v) is 3.76. The molecular weight excluding hydrogens is 300 g/mol. The van der Waals surface area contributed by atoms with Crippen LogP contribution in [-0.4, -0.2) is 30.0 Å². The summed E-state index contributed by atoms with van der Waals surface area (Å²) in [5.74, 6) is -0.734. The molecule has 0 saturated heterocycles. The number of nitrogens with one attached hydrogen (secondary N) is 1. The van der Waals surface area contributed by atoms with Gasteiger partial charge in [-0.1, -0.05) is 30.3 Å². The highest BCUT2D eigenvalue weighted by atomic mass is 32.1. The SMILES string of the molecule is Cc1nc(CC(=O)OCC(=O)NCCc2ccccc2)cs1. The number of esters is 1. The number of hydrogen-bond acceptors (Lipinski definition) is 5. The van der Waals surface area contributed by atoms with E-state index in [4.69, 9.17) is 4.74 Å². The summed E-state index contributed by atoms with van der Waals surface area (Å²) in [6, 6.07) is 9.87.